The molecule has 0 bridgehead atoms. The van der Waals surface area contributed by atoms with Crippen LogP contribution in [0.3, 0.4) is 0 Å². The number of nitrogens with two attached hydrogens (primary N) is 1. The molecule has 0 radical (unpaired) electrons. The van der Waals surface area contributed by atoms with Crippen LogP contribution in [-0.4, -0.2) is 23.9 Å². The molecule has 0 aromatic heterocycles. The topological polar surface area (TPSA) is 46.3 Å². The molecule has 0 heterocycles. The Morgan fingerprint density at radius 2 is 1.79 bits per heavy atom. The highest BCUT2D eigenvalue weighted by molar-refractivity contribution is 5.94. The fourth-order valence-electron chi connectivity index (χ4n) is 2.51. The van der Waals surface area contributed by atoms with Gasteiger partial charge in [0.2, 0.25) is 0 Å². The van der Waals surface area contributed by atoms with E-state index in [1.807, 2.05) is 42.2 Å². The van der Waals surface area contributed by atoms with Crippen LogP contribution in [-0.2, 0) is 13.0 Å². The fourth-order valence-corrected chi connectivity index (χ4v) is 2.51. The molecule has 0 fully saturated rings. The predicted octanol–water partition coefficient (Wildman–Crippen LogP) is 3.80. The minimum absolute atomic E-state index is 0. The molecule has 2 rings (SSSR count). The fraction of sp³-hybridized carbons (Fsp3) is 0.316. The SMILES string of the molecule is CCCN(CCc1cccc(F)c1)C(=O)c1ccc(CN)cc1.Cl. The molecule has 0 unspecified atom stereocenters. The van der Waals surface area contributed by atoms with Gasteiger partial charge in [0.15, 0.2) is 0 Å². The van der Waals surface area contributed by atoms with Crippen molar-refractivity contribution in [3.63, 3.8) is 0 Å². The summed E-state index contributed by atoms with van der Waals surface area (Å²) >= 11 is 0. The van der Waals surface area contributed by atoms with E-state index in [9.17, 15) is 9.18 Å². The standard InChI is InChI=1S/C19H23FN2O.ClH/c1-2-11-22(12-10-15-4-3-5-18(20)13-15)19(23)17-8-6-16(14-21)7-9-17;/h3-9,13H,2,10-12,14,21H2,1H3;1H. The van der Waals surface area contributed by atoms with Crippen molar-refractivity contribution in [2.75, 3.05) is 13.1 Å². The van der Waals surface area contributed by atoms with Crippen molar-refractivity contribution in [2.45, 2.75) is 26.3 Å². The van der Waals surface area contributed by atoms with E-state index in [-0.39, 0.29) is 24.1 Å². The maximum atomic E-state index is 13.2. The molecule has 24 heavy (non-hydrogen) atoms. The maximum Gasteiger partial charge on any atom is 0.253 e. The summed E-state index contributed by atoms with van der Waals surface area (Å²) in [7, 11) is 0. The highest BCUT2D eigenvalue weighted by Gasteiger charge is 2.15. The molecule has 5 heteroatoms. The third-order valence-electron chi connectivity index (χ3n) is 3.78. The summed E-state index contributed by atoms with van der Waals surface area (Å²) < 4.78 is 13.2. The Bertz CT molecular complexity index is 646. The maximum absolute atomic E-state index is 13.2. The van der Waals surface area contributed by atoms with Crippen molar-refractivity contribution in [3.8, 4) is 0 Å². The van der Waals surface area contributed by atoms with Crippen molar-refractivity contribution in [1.29, 1.82) is 0 Å². The number of benzene rings is 2. The number of carbonyl (C=O) groups is 1. The minimum atomic E-state index is -0.242. The summed E-state index contributed by atoms with van der Waals surface area (Å²) in [6.45, 7) is 3.77. The summed E-state index contributed by atoms with van der Waals surface area (Å²) in [5.74, 6) is -0.236. The Morgan fingerprint density at radius 1 is 1.08 bits per heavy atom. The number of hydrogen-bond donors (Lipinski definition) is 1. The average molecular weight is 351 g/mol. The Kier molecular flexibility index (Phi) is 8.44. The van der Waals surface area contributed by atoms with Gasteiger partial charge in [-0.25, -0.2) is 4.39 Å². The van der Waals surface area contributed by atoms with Crippen molar-refractivity contribution < 1.29 is 9.18 Å². The highest BCUT2D eigenvalue weighted by Crippen LogP contribution is 2.11. The van der Waals surface area contributed by atoms with Gasteiger partial charge in [0.25, 0.3) is 5.91 Å². The number of hydrogen-bond acceptors (Lipinski definition) is 2. The molecule has 2 N–H and O–H groups in total. The zero-order chi connectivity index (χ0) is 16.7. The van der Waals surface area contributed by atoms with E-state index >= 15 is 0 Å². The molecule has 0 atom stereocenters. The molecule has 0 saturated heterocycles. The molecule has 0 aliphatic heterocycles. The van der Waals surface area contributed by atoms with Crippen LogP contribution >= 0.6 is 12.4 Å². The van der Waals surface area contributed by atoms with Crippen LogP contribution in [0, 0.1) is 5.82 Å². The molecular formula is C19H24ClFN2O. The zero-order valence-electron chi connectivity index (χ0n) is 13.9. The lowest BCUT2D eigenvalue weighted by molar-refractivity contribution is 0.0757. The number of halogens is 2. The quantitative estimate of drug-likeness (QED) is 0.825. The Balaban J connectivity index is 0.00000288. The van der Waals surface area contributed by atoms with Gasteiger partial charge in [-0.3, -0.25) is 4.79 Å². The second kappa shape index (κ2) is 10.1. The summed E-state index contributed by atoms with van der Waals surface area (Å²) in [5, 5.41) is 0. The monoisotopic (exact) mass is 350 g/mol. The Morgan fingerprint density at radius 3 is 2.38 bits per heavy atom. The van der Waals surface area contributed by atoms with E-state index < -0.39 is 0 Å². The number of rotatable bonds is 7. The van der Waals surface area contributed by atoms with Gasteiger partial charge in [-0.1, -0.05) is 31.2 Å². The summed E-state index contributed by atoms with van der Waals surface area (Å²) in [6.07, 6.45) is 1.53. The number of nitrogens with zero attached hydrogens (tertiary/aromatic N) is 1. The second-order valence-corrected chi connectivity index (χ2v) is 5.57. The first-order chi connectivity index (χ1) is 11.1. The van der Waals surface area contributed by atoms with Gasteiger partial charge < -0.3 is 10.6 Å². The zero-order valence-corrected chi connectivity index (χ0v) is 14.7. The van der Waals surface area contributed by atoms with E-state index in [0.29, 0.717) is 31.6 Å². The van der Waals surface area contributed by atoms with Crippen LogP contribution in [0.4, 0.5) is 4.39 Å². The van der Waals surface area contributed by atoms with E-state index in [1.54, 1.807) is 6.07 Å². The van der Waals surface area contributed by atoms with E-state index in [4.69, 9.17) is 5.73 Å². The van der Waals surface area contributed by atoms with Gasteiger partial charge in [-0.2, -0.15) is 0 Å². The van der Waals surface area contributed by atoms with Crippen molar-refractivity contribution in [2.24, 2.45) is 5.73 Å². The summed E-state index contributed by atoms with van der Waals surface area (Å²) in [6, 6.07) is 13.9. The lowest BCUT2D eigenvalue weighted by Gasteiger charge is -2.22. The molecular weight excluding hydrogens is 327 g/mol. The lowest BCUT2D eigenvalue weighted by Crippen LogP contribution is -2.33. The third-order valence-corrected chi connectivity index (χ3v) is 3.78. The molecule has 2 aromatic carbocycles. The average Bonchev–Trinajstić information content (AvgIpc) is 2.58. The third kappa shape index (κ3) is 5.62. The molecule has 2 aromatic rings. The van der Waals surface area contributed by atoms with Gasteiger partial charge in [0.05, 0.1) is 0 Å². The molecule has 0 aliphatic rings. The largest absolute Gasteiger partial charge is 0.338 e. The van der Waals surface area contributed by atoms with Crippen LogP contribution in [0.2, 0.25) is 0 Å². The van der Waals surface area contributed by atoms with Gasteiger partial charge >= 0.3 is 0 Å². The van der Waals surface area contributed by atoms with Crippen molar-refractivity contribution in [1.82, 2.24) is 4.90 Å². The van der Waals surface area contributed by atoms with Crippen molar-refractivity contribution >= 4 is 18.3 Å². The van der Waals surface area contributed by atoms with E-state index in [1.165, 1.54) is 12.1 Å². The first-order valence-electron chi connectivity index (χ1n) is 7.96. The smallest absolute Gasteiger partial charge is 0.253 e. The van der Waals surface area contributed by atoms with Crippen LogP contribution in [0.15, 0.2) is 48.5 Å². The molecule has 1 amide bonds. The molecule has 0 saturated carbocycles. The molecule has 130 valence electrons. The van der Waals surface area contributed by atoms with Crippen LogP contribution in [0.5, 0.6) is 0 Å². The minimum Gasteiger partial charge on any atom is -0.338 e. The van der Waals surface area contributed by atoms with Crippen LogP contribution in [0.1, 0.15) is 34.8 Å². The number of carbonyl (C=O) groups excluding carboxylic acids is 1. The van der Waals surface area contributed by atoms with Gasteiger partial charge in [-0.05, 0) is 48.2 Å². The van der Waals surface area contributed by atoms with Crippen molar-refractivity contribution in [3.05, 3.63) is 71.0 Å². The number of amides is 1. The van der Waals surface area contributed by atoms with Gasteiger partial charge in [-0.15, -0.1) is 12.4 Å². The first kappa shape index (κ1) is 20.1. The van der Waals surface area contributed by atoms with Gasteiger partial charge in [0, 0.05) is 25.2 Å². The molecule has 0 spiro atoms. The van der Waals surface area contributed by atoms with Crippen LogP contribution < -0.4 is 5.73 Å². The normalized spacial score (nSPS) is 10.1. The summed E-state index contributed by atoms with van der Waals surface area (Å²) in [4.78, 5) is 14.5. The second-order valence-electron chi connectivity index (χ2n) is 5.57. The van der Waals surface area contributed by atoms with E-state index in [2.05, 4.69) is 0 Å². The van der Waals surface area contributed by atoms with Crippen LogP contribution in [0.25, 0.3) is 0 Å². The summed E-state index contributed by atoms with van der Waals surface area (Å²) in [5.41, 5.74) is 8.15. The highest BCUT2D eigenvalue weighted by atomic mass is 35.5. The molecule has 3 nitrogen and oxygen atoms in total. The molecule has 0 aliphatic carbocycles. The first-order valence-corrected chi connectivity index (χ1v) is 7.96. The van der Waals surface area contributed by atoms with Gasteiger partial charge in [0.1, 0.15) is 5.82 Å². The lowest BCUT2D eigenvalue weighted by atomic mass is 10.1. The predicted molar refractivity (Wildman–Crippen MR) is 97.9 cm³/mol. The Labute approximate surface area is 149 Å². The Hall–Kier alpha value is -1.91. The van der Waals surface area contributed by atoms with E-state index in [0.717, 1.165) is 17.5 Å².